The van der Waals surface area contributed by atoms with E-state index in [2.05, 4.69) is 119 Å². The van der Waals surface area contributed by atoms with E-state index in [4.69, 9.17) is 4.74 Å². The molecule has 4 aromatic heterocycles. The third kappa shape index (κ3) is 9.96. The first kappa shape index (κ1) is 47.0. The van der Waals surface area contributed by atoms with Crippen LogP contribution in [-0.4, -0.2) is 34.7 Å². The molecule has 9 heteroatoms. The topological polar surface area (TPSA) is 49.9 Å². The van der Waals surface area contributed by atoms with E-state index in [1.54, 1.807) is 22.7 Å². The second kappa shape index (κ2) is 19.6. The summed E-state index contributed by atoms with van der Waals surface area (Å²) in [5.74, 6) is 4.21. The van der Waals surface area contributed by atoms with Crippen molar-refractivity contribution in [3.05, 3.63) is 72.6 Å². The van der Waals surface area contributed by atoms with Crippen molar-refractivity contribution in [2.24, 2.45) is 35.5 Å². The van der Waals surface area contributed by atoms with Crippen molar-refractivity contribution >= 4 is 68.6 Å². The summed E-state index contributed by atoms with van der Waals surface area (Å²) < 4.78 is 7.42. The molecule has 2 unspecified atom stereocenters. The molecule has 0 aromatic carbocycles. The van der Waals surface area contributed by atoms with Crippen LogP contribution in [0.5, 0.6) is 5.75 Å². The molecule has 0 N–H and O–H groups in total. The summed E-state index contributed by atoms with van der Waals surface area (Å²) >= 11 is 7.14. The molecule has 0 saturated carbocycles. The number of carbonyl (C=O) groups is 2. The zero-order valence-corrected chi connectivity index (χ0v) is 42.9. The number of nitrogens with zero attached hydrogens (tertiary/aromatic N) is 2. The van der Waals surface area contributed by atoms with Crippen molar-refractivity contribution in [3.63, 3.8) is 0 Å². The maximum absolute atomic E-state index is 14.7. The maximum atomic E-state index is 14.7. The number of amides is 2. The van der Waals surface area contributed by atoms with Crippen molar-refractivity contribution in [1.29, 1.82) is 0 Å². The largest absolute Gasteiger partial charge is 0.481 e. The Morgan fingerprint density at radius 3 is 1.55 bits per heavy atom. The lowest BCUT2D eigenvalue weighted by molar-refractivity contribution is -0.124. The molecule has 3 aliphatic rings. The highest BCUT2D eigenvalue weighted by atomic mass is 32.1. The van der Waals surface area contributed by atoms with Crippen LogP contribution in [-0.2, 0) is 15.2 Å². The van der Waals surface area contributed by atoms with Gasteiger partial charge in [-0.1, -0.05) is 108 Å². The summed E-state index contributed by atoms with van der Waals surface area (Å²) in [6.07, 6.45) is 12.0. The first-order chi connectivity index (χ1) is 29.5. The zero-order chi connectivity index (χ0) is 44.6. The molecule has 7 rings (SSSR count). The number of hydrogen-bond donors (Lipinski definition) is 0. The fraction of sp³-hybridized carbons (Fsp3) is 0.585. The highest BCUT2D eigenvalue weighted by Crippen LogP contribution is 2.58. The van der Waals surface area contributed by atoms with Gasteiger partial charge >= 0.3 is 0 Å². The predicted molar refractivity (Wildman–Crippen MR) is 268 cm³/mol. The summed E-state index contributed by atoms with van der Waals surface area (Å²) in [6.45, 7) is 28.3. The third-order valence-electron chi connectivity index (χ3n) is 12.9. The second-order valence-electron chi connectivity index (χ2n) is 20.6. The molecule has 5 nitrogen and oxygen atoms in total. The summed E-state index contributed by atoms with van der Waals surface area (Å²) in [6, 6.07) is 13.3. The third-order valence-corrected chi connectivity index (χ3v) is 17.6. The van der Waals surface area contributed by atoms with Crippen LogP contribution in [0.4, 0.5) is 0 Å². The quantitative estimate of drug-likeness (QED) is 0.0837. The van der Waals surface area contributed by atoms with Gasteiger partial charge in [-0.2, -0.15) is 0 Å². The predicted octanol–water partition coefficient (Wildman–Crippen LogP) is 16.1. The molecule has 0 aliphatic carbocycles. The normalized spacial score (nSPS) is 18.6. The number of carbonyl (C=O) groups excluding carboxylic acids is 2. The molecule has 2 atom stereocenters. The van der Waals surface area contributed by atoms with Crippen LogP contribution in [0.25, 0.3) is 30.9 Å². The average molecular weight is 913 g/mol. The molecule has 62 heavy (non-hydrogen) atoms. The van der Waals surface area contributed by atoms with Crippen LogP contribution in [0.3, 0.4) is 0 Å². The van der Waals surface area contributed by atoms with Crippen molar-refractivity contribution in [2.45, 2.75) is 153 Å². The molecule has 0 saturated heterocycles. The van der Waals surface area contributed by atoms with Gasteiger partial charge in [-0.25, -0.2) is 0 Å². The second-order valence-corrected chi connectivity index (χ2v) is 25.3. The van der Waals surface area contributed by atoms with Crippen molar-refractivity contribution in [3.8, 4) is 25.3 Å². The van der Waals surface area contributed by atoms with E-state index >= 15 is 0 Å². The number of hydrogen-bond acceptors (Lipinski definition) is 7. The molecule has 0 bridgehead atoms. The average Bonchev–Trinajstić information content (AvgIpc) is 4.05. The summed E-state index contributed by atoms with van der Waals surface area (Å²) in [5.41, 5.74) is 3.70. The van der Waals surface area contributed by atoms with Crippen molar-refractivity contribution in [1.82, 2.24) is 9.80 Å². The van der Waals surface area contributed by atoms with Gasteiger partial charge in [-0.05, 0) is 111 Å². The Balaban J connectivity index is 1.29. The number of fused-ring (bicyclic) bond motifs is 4. The number of rotatable bonds is 21. The summed E-state index contributed by atoms with van der Waals surface area (Å²) in [5, 5.41) is 0. The highest BCUT2D eigenvalue weighted by Gasteiger charge is 2.50. The van der Waals surface area contributed by atoms with Crippen molar-refractivity contribution in [2.75, 3.05) is 13.1 Å². The molecule has 3 aliphatic heterocycles. The Bertz CT molecular complexity index is 2270. The van der Waals surface area contributed by atoms with Gasteiger partial charge in [0, 0.05) is 38.2 Å². The van der Waals surface area contributed by atoms with E-state index in [9.17, 15) is 9.59 Å². The number of ether oxygens (including phenoxy) is 1. The van der Waals surface area contributed by atoms with E-state index < -0.39 is 0 Å². The van der Waals surface area contributed by atoms with Gasteiger partial charge in [0.05, 0.1) is 42.0 Å². The van der Waals surface area contributed by atoms with Gasteiger partial charge in [-0.15, -0.1) is 45.3 Å². The molecule has 4 aromatic rings. The molecule has 336 valence electrons. The van der Waals surface area contributed by atoms with E-state index in [0.29, 0.717) is 36.1 Å². The SMILES string of the molecule is Cc1ccc(C2=C3C(=O)N(CC(C)C)C(c4ccc(-c5cc6c(s5)-c5sc(C)cc5OC6(CCC(C)CCCC(C)C)CCC(C)CCCC(C)C)s4)=C3C(=O)N2CC(C)C)s1. The van der Waals surface area contributed by atoms with Gasteiger partial charge in [0.2, 0.25) is 0 Å². The molecule has 0 spiro atoms. The molecule has 0 fully saturated rings. The van der Waals surface area contributed by atoms with Crippen LogP contribution in [0.1, 0.15) is 159 Å². The van der Waals surface area contributed by atoms with Gasteiger partial charge in [0.15, 0.2) is 0 Å². The maximum Gasteiger partial charge on any atom is 0.261 e. The number of aryl methyl sites for hydroxylation is 2. The van der Waals surface area contributed by atoms with Gasteiger partial charge < -0.3 is 14.5 Å². The standard InChI is InChI=1S/C53H72N2O3S4/c1-31(2)15-13-17-35(9)23-25-53(26-24-36(10)18-14-16-32(3)4)39-28-44(62-49(39)50-40(58-53)27-38(12)60-50)41-21-22-43(61-41)48-46-45(51(56)55(48)30-34(7)8)47(42-20-19-37(11)59-42)54(52(46)57)29-33(5)6/h19-22,27-28,31-36H,13-18,23-26,29-30H2,1-12H3. The smallest absolute Gasteiger partial charge is 0.261 e. The van der Waals surface area contributed by atoms with Crippen LogP contribution >= 0.6 is 45.3 Å². The lowest BCUT2D eigenvalue weighted by Crippen LogP contribution is -2.36. The van der Waals surface area contributed by atoms with Crippen molar-refractivity contribution < 1.29 is 14.3 Å². The fourth-order valence-electron chi connectivity index (χ4n) is 9.65. The molecule has 2 amide bonds. The molecular formula is C53H72N2O3S4. The summed E-state index contributed by atoms with van der Waals surface area (Å²) in [7, 11) is 0. The Morgan fingerprint density at radius 2 is 1.05 bits per heavy atom. The molecular weight excluding hydrogens is 841 g/mol. The number of thiophene rings is 4. The van der Waals surface area contributed by atoms with Crippen LogP contribution in [0, 0.1) is 49.4 Å². The van der Waals surface area contributed by atoms with Crippen LogP contribution in [0.2, 0.25) is 0 Å². The van der Waals surface area contributed by atoms with E-state index in [1.807, 2.05) is 32.5 Å². The van der Waals surface area contributed by atoms with Gasteiger partial charge in [0.1, 0.15) is 11.4 Å². The monoisotopic (exact) mass is 912 g/mol. The summed E-state index contributed by atoms with van der Waals surface area (Å²) in [4.78, 5) is 42.7. The Kier molecular flexibility index (Phi) is 14.9. The first-order valence-electron chi connectivity index (χ1n) is 23.7. The molecule has 7 heterocycles. The minimum absolute atomic E-state index is 0.0507. The van der Waals surface area contributed by atoms with E-state index in [-0.39, 0.29) is 29.3 Å². The Labute approximate surface area is 389 Å². The Hall–Kier alpha value is -2.98. The van der Waals surface area contributed by atoms with Crippen LogP contribution < -0.4 is 4.74 Å². The molecule has 0 radical (unpaired) electrons. The fourth-order valence-corrected chi connectivity index (χ4v) is 14.1. The van der Waals surface area contributed by atoms with E-state index in [0.717, 1.165) is 64.4 Å². The first-order valence-corrected chi connectivity index (χ1v) is 27.0. The van der Waals surface area contributed by atoms with Gasteiger partial charge in [0.25, 0.3) is 11.8 Å². The minimum atomic E-state index is -0.383. The van der Waals surface area contributed by atoms with Crippen LogP contribution in [0.15, 0.2) is 47.5 Å². The minimum Gasteiger partial charge on any atom is -0.481 e. The highest BCUT2D eigenvalue weighted by molar-refractivity contribution is 7.27. The lowest BCUT2D eigenvalue weighted by atomic mass is 9.78. The Morgan fingerprint density at radius 1 is 0.532 bits per heavy atom. The van der Waals surface area contributed by atoms with Gasteiger partial charge in [-0.3, -0.25) is 9.59 Å². The zero-order valence-electron chi connectivity index (χ0n) is 39.7. The van der Waals surface area contributed by atoms with E-state index in [1.165, 1.54) is 73.4 Å². The lowest BCUT2D eigenvalue weighted by Gasteiger charge is -2.39.